The molecule has 0 aliphatic carbocycles. The van der Waals surface area contributed by atoms with E-state index in [2.05, 4.69) is 41.7 Å². The number of aliphatic hydroxyl groups excluding tert-OH is 2. The number of aromatic nitrogens is 8. The quantitative estimate of drug-likeness (QED) is 0.168. The minimum absolute atomic E-state index is 0.00792. The lowest BCUT2D eigenvalue weighted by molar-refractivity contribution is -0.0615. The van der Waals surface area contributed by atoms with Gasteiger partial charge in [-0.25, -0.2) is 29.9 Å². The minimum Gasteiger partial charge on any atom is -0.387 e. The van der Waals surface area contributed by atoms with Gasteiger partial charge in [-0.15, -0.1) is 0 Å². The van der Waals surface area contributed by atoms with Gasteiger partial charge in [-0.2, -0.15) is 0 Å². The van der Waals surface area contributed by atoms with Crippen LogP contribution in [0.2, 0.25) is 0 Å². The van der Waals surface area contributed by atoms with E-state index in [1.54, 1.807) is 0 Å². The van der Waals surface area contributed by atoms with Crippen molar-refractivity contribution in [3.63, 3.8) is 0 Å². The molecule has 6 N–H and O–H groups in total. The topological polar surface area (TPSA) is 198 Å². The molecule has 6 rings (SSSR count). The molecule has 0 unspecified atom stereocenters. The molecular formula is C25H24N10O4. The van der Waals surface area contributed by atoms with Crippen molar-refractivity contribution in [3.05, 3.63) is 60.7 Å². The Morgan fingerprint density at radius 2 is 1.67 bits per heavy atom. The van der Waals surface area contributed by atoms with E-state index in [1.807, 2.05) is 34.9 Å². The normalized spacial score (nSPS) is 20.9. The van der Waals surface area contributed by atoms with Crippen LogP contribution in [0.1, 0.15) is 17.6 Å². The summed E-state index contributed by atoms with van der Waals surface area (Å²) < 4.78 is 14.9. The SMILES string of the molecule is Nc1ncnc2c1ncn2[C@@H]1O[C@H](COCC#Cc2nc3c(N)ncnc3n2Cc2ccccc2)[C@@H](O)[C@H]1O. The molecule has 0 spiro atoms. The second-order valence-corrected chi connectivity index (χ2v) is 8.88. The summed E-state index contributed by atoms with van der Waals surface area (Å²) in [4.78, 5) is 25.2. The third-order valence-electron chi connectivity index (χ3n) is 6.40. The summed E-state index contributed by atoms with van der Waals surface area (Å²) in [7, 11) is 0. The zero-order chi connectivity index (χ0) is 26.9. The molecule has 39 heavy (non-hydrogen) atoms. The molecule has 0 bridgehead atoms. The van der Waals surface area contributed by atoms with Crippen LogP contribution in [0, 0.1) is 11.8 Å². The number of rotatable bonds is 6. The Hall–Kier alpha value is -4.68. The number of anilines is 2. The van der Waals surface area contributed by atoms with Gasteiger partial charge in [0.25, 0.3) is 0 Å². The van der Waals surface area contributed by atoms with Gasteiger partial charge in [-0.05, 0) is 11.5 Å². The van der Waals surface area contributed by atoms with E-state index in [4.69, 9.17) is 20.9 Å². The van der Waals surface area contributed by atoms with Crippen LogP contribution in [0.3, 0.4) is 0 Å². The standard InChI is InChI=1S/C25H24N10O4/c26-21-17-23(30-11-28-21)35(13-32-17)25-20(37)19(36)15(39-25)10-38-8-4-7-16-33-18-22(27)29-12-31-24(18)34(16)9-14-5-2-1-3-6-14/h1-3,5-6,11-13,15,19-20,25,36-37H,8-10H2,(H2,26,28,30)(H2,27,29,31)/t15-,19-,20-,25-/m1/s1. The van der Waals surface area contributed by atoms with Crippen molar-refractivity contribution in [2.75, 3.05) is 24.7 Å². The lowest BCUT2D eigenvalue weighted by Crippen LogP contribution is -2.33. The number of benzene rings is 1. The molecule has 5 aromatic rings. The van der Waals surface area contributed by atoms with Crippen LogP contribution in [-0.2, 0) is 16.0 Å². The Labute approximate surface area is 221 Å². The van der Waals surface area contributed by atoms with Crippen molar-refractivity contribution < 1.29 is 19.7 Å². The Kier molecular flexibility index (Phi) is 6.47. The lowest BCUT2D eigenvalue weighted by Gasteiger charge is -2.16. The first-order valence-electron chi connectivity index (χ1n) is 12.0. The van der Waals surface area contributed by atoms with Crippen LogP contribution in [0.5, 0.6) is 0 Å². The van der Waals surface area contributed by atoms with E-state index in [0.29, 0.717) is 34.7 Å². The molecule has 0 amide bonds. The van der Waals surface area contributed by atoms with Crippen LogP contribution in [0.25, 0.3) is 22.3 Å². The second-order valence-electron chi connectivity index (χ2n) is 8.88. The van der Waals surface area contributed by atoms with Gasteiger partial charge in [0.15, 0.2) is 40.5 Å². The maximum atomic E-state index is 10.6. The third-order valence-corrected chi connectivity index (χ3v) is 6.40. The zero-order valence-corrected chi connectivity index (χ0v) is 20.5. The van der Waals surface area contributed by atoms with Crippen LogP contribution < -0.4 is 11.5 Å². The predicted octanol–water partition coefficient (Wildman–Crippen LogP) is -0.134. The highest BCUT2D eigenvalue weighted by Crippen LogP contribution is 2.32. The highest BCUT2D eigenvalue weighted by Gasteiger charge is 2.44. The molecule has 1 aliphatic heterocycles. The minimum atomic E-state index is -1.23. The fourth-order valence-electron chi connectivity index (χ4n) is 4.46. The Morgan fingerprint density at radius 1 is 0.923 bits per heavy atom. The van der Waals surface area contributed by atoms with E-state index >= 15 is 0 Å². The van der Waals surface area contributed by atoms with Crippen LogP contribution in [0.4, 0.5) is 11.6 Å². The van der Waals surface area contributed by atoms with Gasteiger partial charge < -0.3 is 31.2 Å². The fourth-order valence-corrected chi connectivity index (χ4v) is 4.46. The molecule has 0 saturated carbocycles. The predicted molar refractivity (Wildman–Crippen MR) is 139 cm³/mol. The fraction of sp³-hybridized carbons (Fsp3) is 0.280. The summed E-state index contributed by atoms with van der Waals surface area (Å²) in [6.07, 6.45) is -0.0425. The first-order chi connectivity index (χ1) is 19.0. The Bertz CT molecular complexity index is 1690. The molecule has 14 nitrogen and oxygen atoms in total. The highest BCUT2D eigenvalue weighted by molar-refractivity contribution is 5.82. The van der Waals surface area contributed by atoms with E-state index in [0.717, 1.165) is 5.56 Å². The first-order valence-corrected chi connectivity index (χ1v) is 12.0. The summed E-state index contributed by atoms with van der Waals surface area (Å²) in [5, 5.41) is 21.2. The molecule has 14 heteroatoms. The Morgan fingerprint density at radius 3 is 2.46 bits per heavy atom. The van der Waals surface area contributed by atoms with Gasteiger partial charge >= 0.3 is 0 Å². The Balaban J connectivity index is 1.14. The van der Waals surface area contributed by atoms with Gasteiger partial charge in [0.05, 0.1) is 19.5 Å². The van der Waals surface area contributed by atoms with Crippen molar-refractivity contribution >= 4 is 34.0 Å². The average Bonchev–Trinajstić information content (AvgIpc) is 3.61. The highest BCUT2D eigenvalue weighted by atomic mass is 16.6. The molecule has 198 valence electrons. The monoisotopic (exact) mass is 528 g/mol. The first kappa shape index (κ1) is 24.6. The second kappa shape index (κ2) is 10.2. The number of hydrogen-bond acceptors (Lipinski definition) is 12. The summed E-state index contributed by atoms with van der Waals surface area (Å²) in [6, 6.07) is 9.86. The number of nitrogens with two attached hydrogens (primary N) is 2. The van der Waals surface area contributed by atoms with Gasteiger partial charge in [0.1, 0.15) is 43.1 Å². The van der Waals surface area contributed by atoms with E-state index < -0.39 is 24.5 Å². The third kappa shape index (κ3) is 4.60. The molecule has 4 atom stereocenters. The number of ether oxygens (including phenoxy) is 2. The van der Waals surface area contributed by atoms with Gasteiger partial charge in [0, 0.05) is 0 Å². The summed E-state index contributed by atoms with van der Waals surface area (Å²) >= 11 is 0. The van der Waals surface area contributed by atoms with Crippen LogP contribution in [-0.4, -0.2) is 80.8 Å². The average molecular weight is 529 g/mol. The van der Waals surface area contributed by atoms with Crippen molar-refractivity contribution in [2.45, 2.75) is 31.1 Å². The van der Waals surface area contributed by atoms with Crippen molar-refractivity contribution in [1.82, 2.24) is 39.0 Å². The van der Waals surface area contributed by atoms with E-state index in [-0.39, 0.29) is 24.8 Å². The van der Waals surface area contributed by atoms with Gasteiger partial charge in [-0.3, -0.25) is 9.13 Å². The molecular weight excluding hydrogens is 504 g/mol. The number of aliphatic hydroxyl groups is 2. The van der Waals surface area contributed by atoms with E-state index in [1.165, 1.54) is 23.5 Å². The number of imidazole rings is 2. The summed E-state index contributed by atoms with van der Waals surface area (Å²) in [5.74, 6) is 6.89. The molecule has 1 aliphatic rings. The number of nitrogens with zero attached hydrogens (tertiary/aromatic N) is 8. The zero-order valence-electron chi connectivity index (χ0n) is 20.5. The summed E-state index contributed by atoms with van der Waals surface area (Å²) in [5.41, 5.74) is 14.7. The number of fused-ring (bicyclic) bond motifs is 2. The molecule has 1 aromatic carbocycles. The maximum Gasteiger partial charge on any atom is 0.188 e. The molecule has 1 fully saturated rings. The summed E-state index contributed by atoms with van der Waals surface area (Å²) in [6.45, 7) is 0.520. The molecule has 0 radical (unpaired) electrons. The van der Waals surface area contributed by atoms with Crippen LogP contribution in [0.15, 0.2) is 49.3 Å². The lowest BCUT2D eigenvalue weighted by atomic mass is 10.1. The van der Waals surface area contributed by atoms with Crippen molar-refractivity contribution in [2.24, 2.45) is 0 Å². The molecule has 4 aromatic heterocycles. The smallest absolute Gasteiger partial charge is 0.188 e. The van der Waals surface area contributed by atoms with Gasteiger partial charge in [0.2, 0.25) is 0 Å². The number of hydrogen-bond donors (Lipinski definition) is 4. The maximum absolute atomic E-state index is 10.6. The molecule has 5 heterocycles. The van der Waals surface area contributed by atoms with Gasteiger partial charge in [-0.1, -0.05) is 36.3 Å². The van der Waals surface area contributed by atoms with Crippen LogP contribution >= 0.6 is 0 Å². The van der Waals surface area contributed by atoms with E-state index in [9.17, 15) is 10.2 Å². The largest absolute Gasteiger partial charge is 0.387 e. The van der Waals surface area contributed by atoms with Crippen molar-refractivity contribution in [3.8, 4) is 11.8 Å². The number of nitrogen functional groups attached to an aromatic ring is 2. The molecule has 1 saturated heterocycles. The van der Waals surface area contributed by atoms with Crippen molar-refractivity contribution in [1.29, 1.82) is 0 Å².